The van der Waals surface area contributed by atoms with Crippen LogP contribution in [0.5, 0.6) is 0 Å². The first-order valence-electron chi connectivity index (χ1n) is 6.43. The van der Waals surface area contributed by atoms with Crippen LogP contribution in [-0.4, -0.2) is 27.4 Å². The smallest absolute Gasteiger partial charge is 0.261 e. The van der Waals surface area contributed by atoms with Crippen LogP contribution in [0.1, 0.15) is 21.7 Å². The van der Waals surface area contributed by atoms with Crippen LogP contribution in [0.3, 0.4) is 0 Å². The van der Waals surface area contributed by atoms with E-state index in [0.717, 1.165) is 34.4 Å². The summed E-state index contributed by atoms with van der Waals surface area (Å²) in [5, 5.41) is 4.82. The van der Waals surface area contributed by atoms with Gasteiger partial charge in [-0.2, -0.15) is 0 Å². The van der Waals surface area contributed by atoms with E-state index in [4.69, 9.17) is 0 Å². The Hall–Kier alpha value is -2.21. The lowest BCUT2D eigenvalue weighted by atomic mass is 10.1. The number of aromatic nitrogens is 3. The molecule has 0 unspecified atom stereocenters. The molecular formula is C14H14N4OS. The molecule has 3 aromatic heterocycles. The van der Waals surface area contributed by atoms with Crippen LogP contribution in [0.2, 0.25) is 0 Å². The Morgan fingerprint density at radius 1 is 1.35 bits per heavy atom. The van der Waals surface area contributed by atoms with Gasteiger partial charge in [0.05, 0.1) is 4.88 Å². The molecule has 0 radical (unpaired) electrons. The second-order valence-corrected chi connectivity index (χ2v) is 5.35. The van der Waals surface area contributed by atoms with E-state index in [1.54, 1.807) is 12.4 Å². The third-order valence-electron chi connectivity index (χ3n) is 3.04. The van der Waals surface area contributed by atoms with Crippen LogP contribution in [0.4, 0.5) is 0 Å². The van der Waals surface area contributed by atoms with Crippen molar-refractivity contribution in [2.24, 2.45) is 0 Å². The molecule has 102 valence electrons. The highest BCUT2D eigenvalue weighted by molar-refractivity contribution is 7.12. The van der Waals surface area contributed by atoms with E-state index < -0.39 is 0 Å². The maximum absolute atomic E-state index is 11.8. The molecule has 3 rings (SSSR count). The molecule has 0 aliphatic heterocycles. The normalized spacial score (nSPS) is 10.8. The van der Waals surface area contributed by atoms with Crippen molar-refractivity contribution in [1.82, 2.24) is 20.3 Å². The summed E-state index contributed by atoms with van der Waals surface area (Å²) >= 11 is 1.45. The summed E-state index contributed by atoms with van der Waals surface area (Å²) in [5.74, 6) is -0.00119. The van der Waals surface area contributed by atoms with Crippen LogP contribution in [-0.2, 0) is 6.42 Å². The van der Waals surface area contributed by atoms with Gasteiger partial charge in [0.15, 0.2) is 5.65 Å². The number of aryl methyl sites for hydroxylation is 1. The number of carbonyl (C=O) groups is 1. The maximum Gasteiger partial charge on any atom is 0.261 e. The van der Waals surface area contributed by atoms with E-state index in [9.17, 15) is 4.79 Å². The minimum atomic E-state index is -0.00119. The summed E-state index contributed by atoms with van der Waals surface area (Å²) in [4.78, 5) is 24.1. The van der Waals surface area contributed by atoms with Crippen molar-refractivity contribution in [3.8, 4) is 0 Å². The molecule has 3 aromatic rings. The van der Waals surface area contributed by atoms with Crippen molar-refractivity contribution in [3.63, 3.8) is 0 Å². The van der Waals surface area contributed by atoms with Crippen molar-refractivity contribution in [2.45, 2.75) is 12.8 Å². The Morgan fingerprint density at radius 3 is 3.10 bits per heavy atom. The van der Waals surface area contributed by atoms with E-state index in [2.05, 4.69) is 20.3 Å². The fraction of sp³-hybridized carbons (Fsp3) is 0.214. The average Bonchev–Trinajstić information content (AvgIpc) is 3.13. The summed E-state index contributed by atoms with van der Waals surface area (Å²) in [7, 11) is 0. The molecule has 6 heteroatoms. The number of thiophene rings is 1. The van der Waals surface area contributed by atoms with Crippen LogP contribution >= 0.6 is 11.3 Å². The number of aromatic amines is 1. The molecule has 1 amide bonds. The number of hydrogen-bond acceptors (Lipinski definition) is 4. The van der Waals surface area contributed by atoms with E-state index >= 15 is 0 Å². The number of H-pyrrole nitrogens is 1. The molecule has 0 aromatic carbocycles. The largest absolute Gasteiger partial charge is 0.351 e. The zero-order valence-corrected chi connectivity index (χ0v) is 11.6. The van der Waals surface area contributed by atoms with Gasteiger partial charge in [0.2, 0.25) is 0 Å². The first-order valence-corrected chi connectivity index (χ1v) is 7.31. The monoisotopic (exact) mass is 286 g/mol. The minimum absolute atomic E-state index is 0.00119. The minimum Gasteiger partial charge on any atom is -0.351 e. The Balaban J connectivity index is 1.52. The highest BCUT2D eigenvalue weighted by Gasteiger charge is 2.07. The van der Waals surface area contributed by atoms with Gasteiger partial charge in [-0.05, 0) is 29.9 Å². The molecule has 0 aliphatic carbocycles. The summed E-state index contributed by atoms with van der Waals surface area (Å²) in [6.45, 7) is 0.656. The van der Waals surface area contributed by atoms with Crippen LogP contribution in [0, 0.1) is 0 Å². The predicted octanol–water partition coefficient (Wildman–Crippen LogP) is 2.38. The molecule has 0 atom stereocenters. The Bertz CT molecular complexity index is 705. The molecule has 0 spiro atoms. The third kappa shape index (κ3) is 2.70. The zero-order chi connectivity index (χ0) is 13.8. The second-order valence-electron chi connectivity index (χ2n) is 4.40. The topological polar surface area (TPSA) is 70.7 Å². The first-order chi connectivity index (χ1) is 9.84. The van der Waals surface area contributed by atoms with Gasteiger partial charge < -0.3 is 10.3 Å². The van der Waals surface area contributed by atoms with E-state index in [1.807, 2.05) is 23.7 Å². The summed E-state index contributed by atoms with van der Waals surface area (Å²) in [5.41, 5.74) is 2.86. The van der Waals surface area contributed by atoms with Gasteiger partial charge in [0, 0.05) is 25.1 Å². The quantitative estimate of drug-likeness (QED) is 0.707. The van der Waals surface area contributed by atoms with Gasteiger partial charge in [0.25, 0.3) is 5.91 Å². The molecule has 0 aliphatic rings. The Kier molecular flexibility index (Phi) is 3.73. The molecule has 0 saturated heterocycles. The lowest BCUT2D eigenvalue weighted by Gasteiger charge is -2.02. The number of nitrogens with one attached hydrogen (secondary N) is 2. The van der Waals surface area contributed by atoms with Gasteiger partial charge in [-0.1, -0.05) is 6.07 Å². The number of nitrogens with zero attached hydrogens (tertiary/aromatic N) is 2. The molecule has 0 saturated carbocycles. The third-order valence-corrected chi connectivity index (χ3v) is 3.91. The number of fused-ring (bicyclic) bond motifs is 1. The van der Waals surface area contributed by atoms with Gasteiger partial charge in [-0.3, -0.25) is 9.78 Å². The van der Waals surface area contributed by atoms with Gasteiger partial charge >= 0.3 is 0 Å². The van der Waals surface area contributed by atoms with Gasteiger partial charge in [0.1, 0.15) is 5.52 Å². The highest BCUT2D eigenvalue weighted by atomic mass is 32.1. The summed E-state index contributed by atoms with van der Waals surface area (Å²) < 4.78 is 0. The zero-order valence-electron chi connectivity index (χ0n) is 10.8. The van der Waals surface area contributed by atoms with Crippen molar-refractivity contribution in [2.75, 3.05) is 6.54 Å². The maximum atomic E-state index is 11.8. The standard InChI is InChI=1S/C14H14N4OS/c19-14(11-4-2-8-20-11)17-5-1-3-10-9-18-13-12(10)15-6-7-16-13/h2,4,6-9H,1,3,5H2,(H,16,18)(H,17,19). The predicted molar refractivity (Wildman–Crippen MR) is 78.9 cm³/mol. The highest BCUT2D eigenvalue weighted by Crippen LogP contribution is 2.14. The molecule has 0 bridgehead atoms. The van der Waals surface area contributed by atoms with Gasteiger partial charge in [-0.25, -0.2) is 4.98 Å². The molecule has 5 nitrogen and oxygen atoms in total. The molecular weight excluding hydrogens is 272 g/mol. The van der Waals surface area contributed by atoms with Crippen molar-refractivity contribution < 1.29 is 4.79 Å². The number of hydrogen-bond donors (Lipinski definition) is 2. The molecule has 20 heavy (non-hydrogen) atoms. The summed E-state index contributed by atoms with van der Waals surface area (Å²) in [6.07, 6.45) is 7.04. The Labute approximate surface area is 120 Å². The number of carbonyl (C=O) groups excluding carboxylic acids is 1. The average molecular weight is 286 g/mol. The fourth-order valence-electron chi connectivity index (χ4n) is 2.07. The lowest BCUT2D eigenvalue weighted by molar-refractivity contribution is 0.0957. The van der Waals surface area contributed by atoms with E-state index in [1.165, 1.54) is 11.3 Å². The van der Waals surface area contributed by atoms with Crippen LogP contribution in [0.15, 0.2) is 36.1 Å². The van der Waals surface area contributed by atoms with Gasteiger partial charge in [-0.15, -0.1) is 11.3 Å². The van der Waals surface area contributed by atoms with Crippen LogP contribution < -0.4 is 5.32 Å². The molecule has 0 fully saturated rings. The van der Waals surface area contributed by atoms with E-state index in [-0.39, 0.29) is 5.91 Å². The molecule has 2 N–H and O–H groups in total. The first kappa shape index (κ1) is 12.8. The van der Waals surface area contributed by atoms with Crippen molar-refractivity contribution >= 4 is 28.4 Å². The van der Waals surface area contributed by atoms with Crippen LogP contribution in [0.25, 0.3) is 11.2 Å². The summed E-state index contributed by atoms with van der Waals surface area (Å²) in [6, 6.07) is 3.71. The number of rotatable bonds is 5. The van der Waals surface area contributed by atoms with Crippen molar-refractivity contribution in [3.05, 3.63) is 46.5 Å². The molecule has 3 heterocycles. The fourth-order valence-corrected chi connectivity index (χ4v) is 2.71. The number of amides is 1. The second kappa shape index (κ2) is 5.83. The lowest BCUT2D eigenvalue weighted by Crippen LogP contribution is -2.23. The SMILES string of the molecule is O=C(NCCCc1c[nH]c2nccnc12)c1cccs1. The van der Waals surface area contributed by atoms with Crippen molar-refractivity contribution in [1.29, 1.82) is 0 Å². The Morgan fingerprint density at radius 2 is 2.25 bits per heavy atom. The van der Waals surface area contributed by atoms with E-state index in [0.29, 0.717) is 6.54 Å².